The Bertz CT molecular complexity index is 835. The fourth-order valence-electron chi connectivity index (χ4n) is 3.44. The zero-order chi connectivity index (χ0) is 19.7. The highest BCUT2D eigenvalue weighted by molar-refractivity contribution is 5.75. The van der Waals surface area contributed by atoms with E-state index in [0.717, 1.165) is 0 Å². The van der Waals surface area contributed by atoms with Gasteiger partial charge in [0, 0.05) is 19.1 Å². The zero-order valence-electron chi connectivity index (χ0n) is 15.4. The molecule has 2 aliphatic heterocycles. The number of benzene rings is 1. The molecule has 0 radical (unpaired) electrons. The molecule has 4 rings (SSSR count). The number of aromatic nitrogens is 2. The second-order valence-electron chi connectivity index (χ2n) is 7.02. The van der Waals surface area contributed by atoms with Crippen molar-refractivity contribution in [2.24, 2.45) is 0 Å². The number of nitrogens with zero attached hydrogens (tertiary/aromatic N) is 4. The van der Waals surface area contributed by atoms with Gasteiger partial charge in [-0.3, -0.25) is 0 Å². The third kappa shape index (κ3) is 3.91. The maximum atomic E-state index is 13.9. The molecule has 2 aliphatic rings. The average molecular weight is 393 g/mol. The van der Waals surface area contributed by atoms with Crippen LogP contribution in [-0.2, 0) is 11.3 Å². The molecule has 1 atom stereocenters. The lowest BCUT2D eigenvalue weighted by molar-refractivity contribution is -0.0518. The van der Waals surface area contributed by atoms with Crippen LogP contribution in [0.3, 0.4) is 0 Å². The summed E-state index contributed by atoms with van der Waals surface area (Å²) < 4.78 is 38.4. The molecule has 0 bridgehead atoms. The number of amides is 2. The Kier molecular flexibility index (Phi) is 5.12. The second-order valence-corrected chi connectivity index (χ2v) is 7.02. The number of carbonyl (C=O) groups is 1. The van der Waals surface area contributed by atoms with E-state index in [0.29, 0.717) is 44.3 Å². The fourth-order valence-corrected chi connectivity index (χ4v) is 3.44. The van der Waals surface area contributed by atoms with Crippen LogP contribution >= 0.6 is 0 Å². The highest BCUT2D eigenvalue weighted by Gasteiger charge is 2.34. The minimum absolute atomic E-state index is 0.0343. The fraction of sp³-hybridized carbons (Fsp3) is 0.500. The first-order valence-electron chi connectivity index (χ1n) is 9.15. The quantitative estimate of drug-likeness (QED) is 0.835. The number of anilines is 1. The lowest BCUT2D eigenvalue weighted by atomic mass is 10.2. The summed E-state index contributed by atoms with van der Waals surface area (Å²) in [5, 5.41) is 6.61. The largest absolute Gasteiger partial charge is 0.365 e. The summed E-state index contributed by atoms with van der Waals surface area (Å²) >= 11 is 0. The third-order valence-corrected chi connectivity index (χ3v) is 4.92. The van der Waals surface area contributed by atoms with Gasteiger partial charge in [0.25, 0.3) is 5.89 Å². The van der Waals surface area contributed by atoms with Crippen molar-refractivity contribution in [1.82, 2.24) is 20.4 Å². The van der Waals surface area contributed by atoms with E-state index in [4.69, 9.17) is 9.26 Å². The first kappa shape index (κ1) is 18.6. The number of likely N-dealkylation sites (tertiary alicyclic amines) is 1. The van der Waals surface area contributed by atoms with Crippen LogP contribution < -0.4 is 10.2 Å². The molecule has 0 spiro atoms. The lowest BCUT2D eigenvalue weighted by Gasteiger charge is -2.39. The van der Waals surface area contributed by atoms with E-state index < -0.39 is 11.6 Å². The topological polar surface area (TPSA) is 83.7 Å². The van der Waals surface area contributed by atoms with E-state index in [2.05, 4.69) is 15.5 Å². The molecule has 3 heterocycles. The SMILES string of the molecule is Cc1noc(COC2CN(C(=O)NC3CCN(c4c(F)cccc4F)C3)C2)n1. The van der Waals surface area contributed by atoms with Gasteiger partial charge in [-0.15, -0.1) is 0 Å². The highest BCUT2D eigenvalue weighted by atomic mass is 19.1. The van der Waals surface area contributed by atoms with E-state index in [1.165, 1.54) is 18.2 Å². The summed E-state index contributed by atoms with van der Waals surface area (Å²) in [6.45, 7) is 3.74. The summed E-state index contributed by atoms with van der Waals surface area (Å²) in [6, 6.07) is 3.45. The maximum absolute atomic E-state index is 13.9. The van der Waals surface area contributed by atoms with Gasteiger partial charge in [0.05, 0.1) is 19.2 Å². The van der Waals surface area contributed by atoms with E-state index in [9.17, 15) is 13.6 Å². The number of aryl methyl sites for hydroxylation is 1. The van der Waals surface area contributed by atoms with Gasteiger partial charge in [-0.05, 0) is 25.5 Å². The van der Waals surface area contributed by atoms with Gasteiger partial charge in [-0.2, -0.15) is 4.98 Å². The molecule has 1 aromatic heterocycles. The Labute approximate surface area is 160 Å². The van der Waals surface area contributed by atoms with Crippen molar-refractivity contribution in [1.29, 1.82) is 0 Å². The molecule has 8 nitrogen and oxygen atoms in total. The summed E-state index contributed by atoms with van der Waals surface area (Å²) in [5.41, 5.74) is -0.0343. The van der Waals surface area contributed by atoms with E-state index in [-0.39, 0.29) is 30.5 Å². The molecule has 2 aromatic rings. The summed E-state index contributed by atoms with van der Waals surface area (Å²) in [4.78, 5) is 19.7. The van der Waals surface area contributed by atoms with Crippen molar-refractivity contribution < 1.29 is 22.8 Å². The minimum Gasteiger partial charge on any atom is -0.365 e. The van der Waals surface area contributed by atoms with E-state index >= 15 is 0 Å². The summed E-state index contributed by atoms with van der Waals surface area (Å²) in [5.74, 6) is -0.224. The number of rotatable bonds is 5. The molecular formula is C18H21F2N5O3. The predicted octanol–water partition coefficient (Wildman–Crippen LogP) is 1.85. The van der Waals surface area contributed by atoms with Gasteiger partial charge >= 0.3 is 6.03 Å². The van der Waals surface area contributed by atoms with Gasteiger partial charge in [0.15, 0.2) is 5.82 Å². The molecule has 28 heavy (non-hydrogen) atoms. The van der Waals surface area contributed by atoms with E-state index in [1.54, 1.807) is 16.7 Å². The van der Waals surface area contributed by atoms with Crippen LogP contribution in [-0.4, -0.2) is 59.4 Å². The smallest absolute Gasteiger partial charge is 0.317 e. The van der Waals surface area contributed by atoms with Crippen LogP contribution in [0.1, 0.15) is 18.1 Å². The Hall–Kier alpha value is -2.75. The molecular weight excluding hydrogens is 372 g/mol. The maximum Gasteiger partial charge on any atom is 0.317 e. The molecule has 0 aliphatic carbocycles. The standard InChI is InChI=1S/C18H21F2N5O3/c1-11-21-16(28-23-11)10-27-13-8-25(9-13)18(26)22-12-5-6-24(7-12)17-14(19)3-2-4-15(17)20/h2-4,12-13H,5-10H2,1H3,(H,22,26). The number of hydrogen-bond donors (Lipinski definition) is 1. The van der Waals surface area contributed by atoms with Gasteiger partial charge in [-0.1, -0.05) is 11.2 Å². The van der Waals surface area contributed by atoms with Crippen molar-refractivity contribution in [3.8, 4) is 0 Å². The van der Waals surface area contributed by atoms with Crippen molar-refractivity contribution in [2.75, 3.05) is 31.1 Å². The molecule has 10 heteroatoms. The van der Waals surface area contributed by atoms with Crippen molar-refractivity contribution in [3.05, 3.63) is 41.5 Å². The Balaban J connectivity index is 1.21. The van der Waals surface area contributed by atoms with Crippen LogP contribution in [0.25, 0.3) is 0 Å². The first-order chi connectivity index (χ1) is 13.5. The number of nitrogens with one attached hydrogen (secondary N) is 1. The average Bonchev–Trinajstić information content (AvgIpc) is 3.22. The zero-order valence-corrected chi connectivity index (χ0v) is 15.4. The highest BCUT2D eigenvalue weighted by Crippen LogP contribution is 2.27. The summed E-state index contributed by atoms with van der Waals surface area (Å²) in [6.07, 6.45) is 0.551. The first-order valence-corrected chi connectivity index (χ1v) is 9.15. The number of hydrogen-bond acceptors (Lipinski definition) is 6. The Morgan fingerprint density at radius 1 is 1.32 bits per heavy atom. The molecule has 2 fully saturated rings. The normalized spacial score (nSPS) is 19.8. The van der Waals surface area contributed by atoms with Crippen LogP contribution in [0.5, 0.6) is 0 Å². The van der Waals surface area contributed by atoms with Crippen LogP contribution in [0.15, 0.2) is 22.7 Å². The van der Waals surface area contributed by atoms with Crippen molar-refractivity contribution in [2.45, 2.75) is 32.1 Å². The predicted molar refractivity (Wildman–Crippen MR) is 94.7 cm³/mol. The van der Waals surface area contributed by atoms with Gasteiger partial charge < -0.3 is 24.4 Å². The molecule has 2 amide bonds. The molecule has 1 aromatic carbocycles. The molecule has 150 valence electrons. The molecule has 1 N–H and O–H groups in total. The van der Waals surface area contributed by atoms with E-state index in [1.807, 2.05) is 0 Å². The molecule has 0 saturated carbocycles. The monoisotopic (exact) mass is 393 g/mol. The summed E-state index contributed by atoms with van der Waals surface area (Å²) in [7, 11) is 0. The number of carbonyl (C=O) groups excluding carboxylic acids is 1. The van der Waals surface area contributed by atoms with Gasteiger partial charge in [-0.25, -0.2) is 13.6 Å². The number of ether oxygens (including phenoxy) is 1. The molecule has 2 saturated heterocycles. The molecule has 1 unspecified atom stereocenters. The Morgan fingerprint density at radius 3 is 2.75 bits per heavy atom. The van der Waals surface area contributed by atoms with Crippen molar-refractivity contribution >= 4 is 11.7 Å². The van der Waals surface area contributed by atoms with Crippen LogP contribution in [0, 0.1) is 18.6 Å². The van der Waals surface area contributed by atoms with Gasteiger partial charge in [0.2, 0.25) is 0 Å². The Morgan fingerprint density at radius 2 is 2.07 bits per heavy atom. The third-order valence-electron chi connectivity index (χ3n) is 4.92. The van der Waals surface area contributed by atoms with Crippen LogP contribution in [0.4, 0.5) is 19.3 Å². The minimum atomic E-state index is -0.592. The number of urea groups is 1. The second kappa shape index (κ2) is 7.70. The van der Waals surface area contributed by atoms with Gasteiger partial charge in [0.1, 0.15) is 23.9 Å². The number of halogens is 2. The van der Waals surface area contributed by atoms with Crippen molar-refractivity contribution in [3.63, 3.8) is 0 Å². The number of para-hydroxylation sites is 1. The van der Waals surface area contributed by atoms with Crippen LogP contribution in [0.2, 0.25) is 0 Å². The lowest BCUT2D eigenvalue weighted by Crippen LogP contribution is -2.59.